The first-order valence-electron chi connectivity index (χ1n) is 7.68. The molecule has 2 aromatic rings. The SMILES string of the molecule is CCN(CC)c1ccc(C=Nc2cc(C#N)cc(C#N)c2)c(O)c1. The standard InChI is InChI=1S/C19H18N4O/c1-3-23(4-2)18-6-5-16(19(24)10-18)13-22-17-8-14(11-20)7-15(9-17)12-21/h5-10,13,24H,3-4H2,1-2H3. The van der Waals surface area contributed by atoms with Crippen molar-refractivity contribution < 1.29 is 5.11 Å². The van der Waals surface area contributed by atoms with Crippen molar-refractivity contribution in [2.24, 2.45) is 4.99 Å². The zero-order chi connectivity index (χ0) is 17.5. The number of nitrogens with zero attached hydrogens (tertiary/aromatic N) is 4. The number of benzene rings is 2. The lowest BCUT2D eigenvalue weighted by Crippen LogP contribution is -2.21. The summed E-state index contributed by atoms with van der Waals surface area (Å²) in [4.78, 5) is 6.40. The highest BCUT2D eigenvalue weighted by Gasteiger charge is 2.06. The highest BCUT2D eigenvalue weighted by molar-refractivity contribution is 5.86. The minimum atomic E-state index is 0.139. The normalized spacial score (nSPS) is 10.3. The van der Waals surface area contributed by atoms with Gasteiger partial charge in [-0.05, 0) is 44.2 Å². The van der Waals surface area contributed by atoms with Crippen molar-refractivity contribution in [1.29, 1.82) is 10.5 Å². The van der Waals surface area contributed by atoms with Gasteiger partial charge in [0.2, 0.25) is 0 Å². The number of anilines is 1. The maximum atomic E-state index is 10.2. The minimum Gasteiger partial charge on any atom is -0.507 e. The zero-order valence-corrected chi connectivity index (χ0v) is 13.7. The molecule has 0 bridgehead atoms. The lowest BCUT2D eigenvalue weighted by atomic mass is 10.1. The van der Waals surface area contributed by atoms with Crippen LogP contribution in [-0.4, -0.2) is 24.4 Å². The van der Waals surface area contributed by atoms with Gasteiger partial charge >= 0.3 is 0 Å². The Kier molecular flexibility index (Phi) is 5.54. The van der Waals surface area contributed by atoms with E-state index in [1.165, 1.54) is 12.3 Å². The van der Waals surface area contributed by atoms with Crippen molar-refractivity contribution in [1.82, 2.24) is 0 Å². The minimum absolute atomic E-state index is 0.139. The van der Waals surface area contributed by atoms with E-state index in [1.54, 1.807) is 24.3 Å². The molecule has 0 fully saturated rings. The van der Waals surface area contributed by atoms with E-state index in [0.717, 1.165) is 18.8 Å². The Balaban J connectivity index is 2.30. The topological polar surface area (TPSA) is 83.4 Å². The summed E-state index contributed by atoms with van der Waals surface area (Å²) in [6.07, 6.45) is 1.53. The fourth-order valence-electron chi connectivity index (χ4n) is 2.39. The van der Waals surface area contributed by atoms with Crippen LogP contribution < -0.4 is 4.90 Å². The molecule has 1 N–H and O–H groups in total. The second-order valence-corrected chi connectivity index (χ2v) is 5.17. The van der Waals surface area contributed by atoms with E-state index in [1.807, 2.05) is 18.2 Å². The number of phenolic OH excluding ortho intramolecular Hbond substituents is 1. The van der Waals surface area contributed by atoms with Gasteiger partial charge in [0.15, 0.2) is 0 Å². The molecule has 5 heteroatoms. The van der Waals surface area contributed by atoms with Crippen molar-refractivity contribution in [3.8, 4) is 17.9 Å². The molecule has 0 aliphatic rings. The van der Waals surface area contributed by atoms with Crippen molar-refractivity contribution in [2.75, 3.05) is 18.0 Å². The van der Waals surface area contributed by atoms with Gasteiger partial charge in [-0.2, -0.15) is 10.5 Å². The van der Waals surface area contributed by atoms with Gasteiger partial charge in [0.1, 0.15) is 5.75 Å². The summed E-state index contributed by atoms with van der Waals surface area (Å²) in [6.45, 7) is 5.85. The Hall–Kier alpha value is -3.31. The Morgan fingerprint density at radius 1 is 1.04 bits per heavy atom. The number of rotatable bonds is 5. The number of aromatic hydroxyl groups is 1. The molecule has 0 spiro atoms. The molecule has 0 unspecified atom stereocenters. The van der Waals surface area contributed by atoms with Crippen LogP contribution in [0.5, 0.6) is 5.75 Å². The fraction of sp³-hybridized carbons (Fsp3) is 0.211. The van der Waals surface area contributed by atoms with Crippen LogP contribution in [0.4, 0.5) is 11.4 Å². The highest BCUT2D eigenvalue weighted by Crippen LogP contribution is 2.24. The van der Waals surface area contributed by atoms with Crippen LogP contribution in [0.15, 0.2) is 41.4 Å². The van der Waals surface area contributed by atoms with Crippen molar-refractivity contribution in [3.05, 3.63) is 53.1 Å². The third kappa shape index (κ3) is 3.91. The molecule has 0 amide bonds. The van der Waals surface area contributed by atoms with E-state index in [2.05, 4.69) is 23.7 Å². The zero-order valence-electron chi connectivity index (χ0n) is 13.7. The van der Waals surface area contributed by atoms with Crippen molar-refractivity contribution >= 4 is 17.6 Å². The Bertz CT molecular complexity index is 807. The van der Waals surface area contributed by atoms with Gasteiger partial charge in [-0.15, -0.1) is 0 Å². The van der Waals surface area contributed by atoms with Crippen LogP contribution in [0.3, 0.4) is 0 Å². The molecule has 5 nitrogen and oxygen atoms in total. The van der Waals surface area contributed by atoms with E-state index < -0.39 is 0 Å². The molecule has 0 saturated heterocycles. The fourth-order valence-corrected chi connectivity index (χ4v) is 2.39. The first-order chi connectivity index (χ1) is 11.6. The molecule has 0 heterocycles. The highest BCUT2D eigenvalue weighted by atomic mass is 16.3. The van der Waals surface area contributed by atoms with Gasteiger partial charge in [-0.25, -0.2) is 0 Å². The molecule has 0 aliphatic heterocycles. The summed E-state index contributed by atoms with van der Waals surface area (Å²) in [5.41, 5.74) is 2.78. The average molecular weight is 318 g/mol. The summed E-state index contributed by atoms with van der Waals surface area (Å²) >= 11 is 0. The molecular weight excluding hydrogens is 300 g/mol. The summed E-state index contributed by atoms with van der Waals surface area (Å²) in [5.74, 6) is 0.139. The summed E-state index contributed by atoms with van der Waals surface area (Å²) in [6, 6.07) is 14.1. The molecular formula is C19H18N4O. The molecule has 24 heavy (non-hydrogen) atoms. The van der Waals surface area contributed by atoms with E-state index >= 15 is 0 Å². The molecule has 2 rings (SSSR count). The lowest BCUT2D eigenvalue weighted by molar-refractivity contribution is 0.474. The van der Waals surface area contributed by atoms with Gasteiger partial charge in [0.05, 0.1) is 29.0 Å². The number of phenols is 1. The first kappa shape index (κ1) is 17.1. The maximum Gasteiger partial charge on any atom is 0.126 e. The second kappa shape index (κ2) is 7.80. The number of hydrogen-bond donors (Lipinski definition) is 1. The molecule has 0 saturated carbocycles. The smallest absolute Gasteiger partial charge is 0.126 e. The monoisotopic (exact) mass is 318 g/mol. The predicted molar refractivity (Wildman–Crippen MR) is 94.8 cm³/mol. The third-order valence-electron chi connectivity index (χ3n) is 3.67. The molecule has 0 atom stereocenters. The molecule has 0 aliphatic carbocycles. The predicted octanol–water partition coefficient (Wildman–Crippen LogP) is 3.73. The first-order valence-corrected chi connectivity index (χ1v) is 7.68. The van der Waals surface area contributed by atoms with Crippen LogP contribution >= 0.6 is 0 Å². The van der Waals surface area contributed by atoms with Gasteiger partial charge in [0, 0.05) is 36.6 Å². The lowest BCUT2D eigenvalue weighted by Gasteiger charge is -2.21. The number of nitriles is 2. The van der Waals surface area contributed by atoms with Crippen molar-refractivity contribution in [2.45, 2.75) is 13.8 Å². The van der Waals surface area contributed by atoms with Crippen LogP contribution in [0, 0.1) is 22.7 Å². The van der Waals surface area contributed by atoms with Crippen LogP contribution in [0.1, 0.15) is 30.5 Å². The van der Waals surface area contributed by atoms with Crippen LogP contribution in [-0.2, 0) is 0 Å². The molecule has 0 aromatic heterocycles. The largest absolute Gasteiger partial charge is 0.507 e. The van der Waals surface area contributed by atoms with Crippen LogP contribution in [0.25, 0.3) is 0 Å². The molecule has 120 valence electrons. The summed E-state index contributed by atoms with van der Waals surface area (Å²) in [7, 11) is 0. The van der Waals surface area contributed by atoms with Gasteiger partial charge in [-0.3, -0.25) is 4.99 Å². The summed E-state index contributed by atoms with van der Waals surface area (Å²) < 4.78 is 0. The van der Waals surface area contributed by atoms with E-state index in [0.29, 0.717) is 22.4 Å². The number of hydrogen-bond acceptors (Lipinski definition) is 5. The molecule has 0 radical (unpaired) electrons. The quantitative estimate of drug-likeness (QED) is 0.851. The van der Waals surface area contributed by atoms with E-state index in [9.17, 15) is 5.11 Å². The maximum absolute atomic E-state index is 10.2. The van der Waals surface area contributed by atoms with E-state index in [4.69, 9.17) is 10.5 Å². The Morgan fingerprint density at radius 3 is 2.17 bits per heavy atom. The third-order valence-corrected chi connectivity index (χ3v) is 3.67. The Morgan fingerprint density at radius 2 is 1.67 bits per heavy atom. The molecule has 2 aromatic carbocycles. The van der Waals surface area contributed by atoms with Gasteiger partial charge in [-0.1, -0.05) is 0 Å². The Labute approximate surface area is 141 Å². The average Bonchev–Trinajstić information content (AvgIpc) is 2.61. The van der Waals surface area contributed by atoms with E-state index in [-0.39, 0.29) is 5.75 Å². The van der Waals surface area contributed by atoms with Gasteiger partial charge in [0.25, 0.3) is 0 Å². The summed E-state index contributed by atoms with van der Waals surface area (Å²) in [5, 5.41) is 28.2. The number of aliphatic imine (C=N–C) groups is 1. The van der Waals surface area contributed by atoms with Crippen molar-refractivity contribution in [3.63, 3.8) is 0 Å². The second-order valence-electron chi connectivity index (χ2n) is 5.17. The van der Waals surface area contributed by atoms with Gasteiger partial charge < -0.3 is 10.0 Å². The van der Waals surface area contributed by atoms with Crippen LogP contribution in [0.2, 0.25) is 0 Å².